The molecule has 2 aromatic carbocycles. The Labute approximate surface area is 106 Å². The zero-order valence-electron chi connectivity index (χ0n) is 9.87. The van der Waals surface area contributed by atoms with Gasteiger partial charge >= 0.3 is 0 Å². The molecule has 0 saturated carbocycles. The van der Waals surface area contributed by atoms with Crippen LogP contribution in [0.25, 0.3) is 0 Å². The Kier molecular flexibility index (Phi) is 2.96. The maximum absolute atomic E-state index is 5.32. The van der Waals surface area contributed by atoms with Crippen molar-refractivity contribution in [3.8, 4) is 11.5 Å². The topological polar surface area (TPSA) is 30.8 Å². The van der Waals surface area contributed by atoms with E-state index in [1.807, 2.05) is 42.6 Å². The second-order valence-corrected chi connectivity index (χ2v) is 4.07. The second-order valence-electron chi connectivity index (χ2n) is 4.07. The quantitative estimate of drug-likeness (QED) is 0.771. The molecule has 18 heavy (non-hydrogen) atoms. The molecule has 0 spiro atoms. The summed E-state index contributed by atoms with van der Waals surface area (Å²) < 4.78 is 10.6. The standard InChI is InChI=1S/C15H13NO2/c1-2-4-12(5-3-1)9-16-10-13-6-7-14-15(8-13)18-11-17-14/h1-8,10H,9,11H2/b16-10+. The first kappa shape index (κ1) is 10.8. The fourth-order valence-electron chi connectivity index (χ4n) is 1.83. The molecule has 0 atom stereocenters. The third kappa shape index (κ3) is 2.35. The van der Waals surface area contributed by atoms with Gasteiger partial charge in [0.2, 0.25) is 6.79 Å². The Balaban J connectivity index is 1.69. The van der Waals surface area contributed by atoms with Crippen LogP contribution in [0.4, 0.5) is 0 Å². The predicted molar refractivity (Wildman–Crippen MR) is 70.3 cm³/mol. The number of ether oxygens (including phenoxy) is 2. The summed E-state index contributed by atoms with van der Waals surface area (Å²) in [4.78, 5) is 4.42. The normalized spacial score (nSPS) is 13.1. The number of rotatable bonds is 3. The van der Waals surface area contributed by atoms with Gasteiger partial charge in [-0.05, 0) is 29.3 Å². The molecule has 0 aromatic heterocycles. The molecule has 0 radical (unpaired) electrons. The fraction of sp³-hybridized carbons (Fsp3) is 0.133. The lowest BCUT2D eigenvalue weighted by Crippen LogP contribution is -1.92. The number of hydrogen-bond donors (Lipinski definition) is 0. The molecule has 2 aromatic rings. The van der Waals surface area contributed by atoms with E-state index in [9.17, 15) is 0 Å². The van der Waals surface area contributed by atoms with Crippen LogP contribution in [0.1, 0.15) is 11.1 Å². The van der Waals surface area contributed by atoms with Crippen LogP contribution < -0.4 is 9.47 Å². The largest absolute Gasteiger partial charge is 0.454 e. The molecule has 90 valence electrons. The Bertz CT molecular complexity index is 564. The third-order valence-electron chi connectivity index (χ3n) is 2.75. The van der Waals surface area contributed by atoms with Gasteiger partial charge in [-0.3, -0.25) is 4.99 Å². The lowest BCUT2D eigenvalue weighted by Gasteiger charge is -1.98. The summed E-state index contributed by atoms with van der Waals surface area (Å²) in [5.74, 6) is 1.59. The molecule has 3 heteroatoms. The molecule has 1 heterocycles. The van der Waals surface area contributed by atoms with Crippen molar-refractivity contribution in [1.29, 1.82) is 0 Å². The van der Waals surface area contributed by atoms with Gasteiger partial charge in [-0.15, -0.1) is 0 Å². The van der Waals surface area contributed by atoms with E-state index in [0.717, 1.165) is 17.1 Å². The summed E-state index contributed by atoms with van der Waals surface area (Å²) in [6.07, 6.45) is 1.86. The number of benzene rings is 2. The molecule has 0 aliphatic carbocycles. The Morgan fingerprint density at radius 3 is 2.72 bits per heavy atom. The molecule has 0 amide bonds. The smallest absolute Gasteiger partial charge is 0.231 e. The minimum Gasteiger partial charge on any atom is -0.454 e. The molecule has 0 unspecified atom stereocenters. The lowest BCUT2D eigenvalue weighted by atomic mass is 10.2. The third-order valence-corrected chi connectivity index (χ3v) is 2.75. The first-order chi connectivity index (χ1) is 8.92. The minimum atomic E-state index is 0.306. The maximum Gasteiger partial charge on any atom is 0.231 e. The summed E-state index contributed by atoms with van der Waals surface area (Å²) in [7, 11) is 0. The Morgan fingerprint density at radius 1 is 1.00 bits per heavy atom. The van der Waals surface area contributed by atoms with Crippen molar-refractivity contribution >= 4 is 6.21 Å². The van der Waals surface area contributed by atoms with E-state index < -0.39 is 0 Å². The summed E-state index contributed by atoms with van der Waals surface area (Å²) >= 11 is 0. The van der Waals surface area contributed by atoms with Crippen molar-refractivity contribution < 1.29 is 9.47 Å². The molecular formula is C15H13NO2. The van der Waals surface area contributed by atoms with Crippen molar-refractivity contribution in [2.45, 2.75) is 6.54 Å². The molecule has 0 saturated heterocycles. The van der Waals surface area contributed by atoms with Gasteiger partial charge in [0.05, 0.1) is 6.54 Å². The molecular weight excluding hydrogens is 226 g/mol. The lowest BCUT2D eigenvalue weighted by molar-refractivity contribution is 0.174. The first-order valence-corrected chi connectivity index (χ1v) is 5.85. The number of nitrogens with zero attached hydrogens (tertiary/aromatic N) is 1. The molecule has 1 aliphatic heterocycles. The van der Waals surface area contributed by atoms with Crippen LogP contribution in [0.2, 0.25) is 0 Å². The van der Waals surface area contributed by atoms with Gasteiger partial charge in [-0.2, -0.15) is 0 Å². The highest BCUT2D eigenvalue weighted by atomic mass is 16.7. The van der Waals surface area contributed by atoms with E-state index in [0.29, 0.717) is 13.3 Å². The monoisotopic (exact) mass is 239 g/mol. The van der Waals surface area contributed by atoms with Crippen LogP contribution in [-0.2, 0) is 6.54 Å². The molecule has 0 bridgehead atoms. The number of hydrogen-bond acceptors (Lipinski definition) is 3. The summed E-state index contributed by atoms with van der Waals surface area (Å²) in [6.45, 7) is 0.995. The predicted octanol–water partition coefficient (Wildman–Crippen LogP) is 3.03. The highest BCUT2D eigenvalue weighted by molar-refractivity contribution is 5.81. The van der Waals surface area contributed by atoms with Gasteiger partial charge in [-0.25, -0.2) is 0 Å². The SMILES string of the molecule is C(=N\Cc1ccccc1)/c1ccc2c(c1)OCO2. The second kappa shape index (κ2) is 4.92. The molecule has 1 aliphatic rings. The summed E-state index contributed by atoms with van der Waals surface area (Å²) in [6, 6.07) is 16.0. The first-order valence-electron chi connectivity index (χ1n) is 5.85. The van der Waals surface area contributed by atoms with Crippen molar-refractivity contribution in [3.05, 3.63) is 59.7 Å². The average molecular weight is 239 g/mol. The maximum atomic E-state index is 5.32. The van der Waals surface area contributed by atoms with Gasteiger partial charge in [-0.1, -0.05) is 30.3 Å². The van der Waals surface area contributed by atoms with E-state index in [-0.39, 0.29) is 0 Å². The highest BCUT2D eigenvalue weighted by Crippen LogP contribution is 2.31. The average Bonchev–Trinajstić information content (AvgIpc) is 2.87. The van der Waals surface area contributed by atoms with Crippen LogP contribution in [0.3, 0.4) is 0 Å². The fourth-order valence-corrected chi connectivity index (χ4v) is 1.83. The summed E-state index contributed by atoms with van der Waals surface area (Å²) in [5, 5.41) is 0. The van der Waals surface area contributed by atoms with E-state index in [1.165, 1.54) is 5.56 Å². The van der Waals surface area contributed by atoms with Gasteiger partial charge in [0.1, 0.15) is 0 Å². The van der Waals surface area contributed by atoms with Gasteiger partial charge in [0.15, 0.2) is 11.5 Å². The van der Waals surface area contributed by atoms with Gasteiger partial charge in [0, 0.05) is 6.21 Å². The minimum absolute atomic E-state index is 0.306. The Hall–Kier alpha value is -2.29. The van der Waals surface area contributed by atoms with Gasteiger partial charge in [0.25, 0.3) is 0 Å². The van der Waals surface area contributed by atoms with E-state index in [1.54, 1.807) is 0 Å². The van der Waals surface area contributed by atoms with Crippen LogP contribution in [-0.4, -0.2) is 13.0 Å². The number of fused-ring (bicyclic) bond motifs is 1. The van der Waals surface area contributed by atoms with E-state index in [2.05, 4.69) is 17.1 Å². The van der Waals surface area contributed by atoms with Gasteiger partial charge < -0.3 is 9.47 Å². The van der Waals surface area contributed by atoms with Crippen LogP contribution in [0, 0.1) is 0 Å². The van der Waals surface area contributed by atoms with Crippen LogP contribution in [0.5, 0.6) is 11.5 Å². The van der Waals surface area contributed by atoms with Crippen molar-refractivity contribution in [1.82, 2.24) is 0 Å². The Morgan fingerprint density at radius 2 is 1.83 bits per heavy atom. The van der Waals surface area contributed by atoms with E-state index in [4.69, 9.17) is 9.47 Å². The number of aliphatic imine (C=N–C) groups is 1. The van der Waals surface area contributed by atoms with Crippen molar-refractivity contribution in [3.63, 3.8) is 0 Å². The molecule has 0 fully saturated rings. The summed E-state index contributed by atoms with van der Waals surface area (Å²) in [5.41, 5.74) is 2.23. The molecule has 0 N–H and O–H groups in total. The van der Waals surface area contributed by atoms with Crippen molar-refractivity contribution in [2.24, 2.45) is 4.99 Å². The van der Waals surface area contributed by atoms with E-state index >= 15 is 0 Å². The van der Waals surface area contributed by atoms with Crippen molar-refractivity contribution in [2.75, 3.05) is 6.79 Å². The molecule has 3 rings (SSSR count). The molecule has 3 nitrogen and oxygen atoms in total. The van der Waals surface area contributed by atoms with Crippen LogP contribution in [0.15, 0.2) is 53.5 Å². The highest BCUT2D eigenvalue weighted by Gasteiger charge is 2.12. The zero-order valence-corrected chi connectivity index (χ0v) is 9.87. The van der Waals surface area contributed by atoms with Crippen LogP contribution >= 0.6 is 0 Å². The zero-order chi connectivity index (χ0) is 12.2.